The normalized spacial score (nSPS) is 29.3. The highest BCUT2D eigenvalue weighted by atomic mass is 19.1. The highest BCUT2D eigenvalue weighted by Gasteiger charge is 2.42. The van der Waals surface area contributed by atoms with Crippen LogP contribution in [-0.2, 0) is 16.6 Å². The number of fused-ring (bicyclic) bond motifs is 1. The topological polar surface area (TPSA) is 79.7 Å². The van der Waals surface area contributed by atoms with Crippen molar-refractivity contribution in [2.45, 2.75) is 75.9 Å². The van der Waals surface area contributed by atoms with Crippen molar-refractivity contribution in [1.29, 1.82) is 0 Å². The number of piperidine rings is 1. The summed E-state index contributed by atoms with van der Waals surface area (Å²) in [5, 5.41) is 7.43. The van der Waals surface area contributed by atoms with E-state index >= 15 is 4.39 Å². The Kier molecular flexibility index (Phi) is 6.03. The van der Waals surface area contributed by atoms with Crippen molar-refractivity contribution in [3.8, 4) is 0 Å². The molecule has 1 aromatic heterocycles. The molecule has 3 saturated heterocycles. The summed E-state index contributed by atoms with van der Waals surface area (Å²) in [7, 11) is 1.81. The number of imide groups is 1. The van der Waals surface area contributed by atoms with E-state index in [0.29, 0.717) is 23.2 Å². The molecule has 1 aliphatic carbocycles. The molecule has 1 aromatic carbocycles. The van der Waals surface area contributed by atoms with Crippen LogP contribution in [0.2, 0.25) is 0 Å². The number of nitrogens with one attached hydrogen (secondary N) is 1. The molecular weight excluding hydrogens is 461 g/mol. The SMILES string of the molecule is C[C@H]1COC2(CCN(C3CCC(c4cc5c(cc4F)c(N4CCC(=O)NC4=O)nn5C)CC3)CC2)C1. The monoisotopic (exact) mass is 497 g/mol. The van der Waals surface area contributed by atoms with Crippen LogP contribution in [0.4, 0.5) is 15.0 Å². The average molecular weight is 498 g/mol. The smallest absolute Gasteiger partial charge is 0.329 e. The Labute approximate surface area is 211 Å². The highest BCUT2D eigenvalue weighted by Crippen LogP contribution is 2.42. The van der Waals surface area contributed by atoms with Crippen LogP contribution in [0.1, 0.15) is 69.8 Å². The lowest BCUT2D eigenvalue weighted by molar-refractivity contribution is -0.120. The third-order valence-corrected chi connectivity index (χ3v) is 9.02. The predicted octanol–water partition coefficient (Wildman–Crippen LogP) is 4.08. The number of benzene rings is 1. The van der Waals surface area contributed by atoms with Gasteiger partial charge in [-0.3, -0.25) is 19.7 Å². The Hall–Kier alpha value is -2.52. The van der Waals surface area contributed by atoms with Gasteiger partial charge in [0.2, 0.25) is 5.91 Å². The number of ether oxygens (including phenoxy) is 1. The molecule has 8 nitrogen and oxygen atoms in total. The highest BCUT2D eigenvalue weighted by molar-refractivity contribution is 6.08. The van der Waals surface area contributed by atoms with Crippen molar-refractivity contribution in [3.63, 3.8) is 0 Å². The molecule has 194 valence electrons. The van der Waals surface area contributed by atoms with Crippen LogP contribution in [0, 0.1) is 11.7 Å². The fourth-order valence-corrected chi connectivity index (χ4v) is 7.02. The van der Waals surface area contributed by atoms with Crippen molar-refractivity contribution in [2.75, 3.05) is 31.1 Å². The lowest BCUT2D eigenvalue weighted by atomic mass is 9.79. The minimum absolute atomic E-state index is 0.123. The Balaban J connectivity index is 1.14. The van der Waals surface area contributed by atoms with Gasteiger partial charge in [-0.2, -0.15) is 5.10 Å². The molecule has 3 amide bonds. The van der Waals surface area contributed by atoms with Gasteiger partial charge in [0.15, 0.2) is 5.82 Å². The van der Waals surface area contributed by atoms with E-state index in [9.17, 15) is 9.59 Å². The minimum atomic E-state index is -0.508. The number of amides is 3. The molecule has 9 heteroatoms. The van der Waals surface area contributed by atoms with E-state index in [0.717, 1.165) is 69.3 Å². The molecule has 4 fully saturated rings. The number of rotatable bonds is 3. The van der Waals surface area contributed by atoms with Crippen molar-refractivity contribution < 1.29 is 18.7 Å². The van der Waals surface area contributed by atoms with Crippen LogP contribution < -0.4 is 10.2 Å². The predicted molar refractivity (Wildman–Crippen MR) is 134 cm³/mol. The second kappa shape index (κ2) is 9.10. The number of anilines is 1. The molecule has 0 unspecified atom stereocenters. The standard InChI is InChI=1S/C27H36FN5O3/c1-17-15-27(36-16-17)8-11-32(12-9-27)19-5-3-18(4-6-19)20-14-23-21(13-22(20)28)25(30-31(23)2)33-10-7-24(34)29-26(33)35/h13-14,17-19H,3-12,15-16H2,1-2H3,(H,29,34,35)/t17-,18?,19?/m1/s1. The van der Waals surface area contributed by atoms with E-state index in [2.05, 4.69) is 22.2 Å². The van der Waals surface area contributed by atoms with E-state index in [1.807, 2.05) is 13.1 Å². The van der Waals surface area contributed by atoms with Crippen molar-refractivity contribution in [3.05, 3.63) is 23.5 Å². The van der Waals surface area contributed by atoms with Crippen LogP contribution in [0.3, 0.4) is 0 Å². The summed E-state index contributed by atoms with van der Waals surface area (Å²) < 4.78 is 23.3. The number of aromatic nitrogens is 2. The first-order valence-electron chi connectivity index (χ1n) is 13.5. The van der Waals surface area contributed by atoms with Gasteiger partial charge >= 0.3 is 6.03 Å². The van der Waals surface area contributed by atoms with E-state index in [1.54, 1.807) is 4.68 Å². The number of halogens is 1. The summed E-state index contributed by atoms with van der Waals surface area (Å²) in [6.07, 6.45) is 7.80. The number of aryl methyl sites for hydroxylation is 1. The molecule has 1 atom stereocenters. The Morgan fingerprint density at radius 3 is 2.53 bits per heavy atom. The average Bonchev–Trinajstić information content (AvgIpc) is 3.38. The number of nitrogens with zero attached hydrogens (tertiary/aromatic N) is 4. The van der Waals surface area contributed by atoms with Crippen molar-refractivity contribution >= 4 is 28.7 Å². The maximum absolute atomic E-state index is 15.4. The Morgan fingerprint density at radius 2 is 1.86 bits per heavy atom. The summed E-state index contributed by atoms with van der Waals surface area (Å²) in [5.41, 5.74) is 1.68. The third kappa shape index (κ3) is 4.20. The molecular formula is C27H36FN5O3. The molecule has 0 bridgehead atoms. The first kappa shape index (κ1) is 23.9. The van der Waals surface area contributed by atoms with Gasteiger partial charge in [0.1, 0.15) is 5.82 Å². The number of likely N-dealkylation sites (tertiary alicyclic amines) is 1. The molecule has 1 N–H and O–H groups in total. The van der Waals surface area contributed by atoms with Gasteiger partial charge in [0.05, 0.1) is 11.1 Å². The van der Waals surface area contributed by atoms with Crippen LogP contribution in [0.25, 0.3) is 10.9 Å². The first-order chi connectivity index (χ1) is 17.3. The fourth-order valence-electron chi connectivity index (χ4n) is 7.02. The molecule has 4 heterocycles. The Morgan fingerprint density at radius 1 is 1.11 bits per heavy atom. The molecule has 0 radical (unpaired) electrons. The molecule has 2 aromatic rings. The number of hydrogen-bond acceptors (Lipinski definition) is 5. The quantitative estimate of drug-likeness (QED) is 0.692. The van der Waals surface area contributed by atoms with Gasteiger partial charge in [-0.15, -0.1) is 0 Å². The molecule has 1 saturated carbocycles. The van der Waals surface area contributed by atoms with E-state index in [1.165, 1.54) is 17.4 Å². The molecule has 3 aliphatic heterocycles. The molecule has 4 aliphatic rings. The second-order valence-corrected chi connectivity index (χ2v) is 11.4. The molecule has 1 spiro atoms. The van der Waals surface area contributed by atoms with Crippen LogP contribution in [0.5, 0.6) is 0 Å². The summed E-state index contributed by atoms with van der Waals surface area (Å²) in [5.74, 6) is 0.730. The summed E-state index contributed by atoms with van der Waals surface area (Å²) >= 11 is 0. The maximum Gasteiger partial charge on any atom is 0.329 e. The summed E-state index contributed by atoms with van der Waals surface area (Å²) in [6.45, 7) is 5.65. The van der Waals surface area contributed by atoms with Crippen LogP contribution in [0.15, 0.2) is 12.1 Å². The molecule has 6 rings (SSSR count). The van der Waals surface area contributed by atoms with Gasteiger partial charge < -0.3 is 9.64 Å². The lowest BCUT2D eigenvalue weighted by Crippen LogP contribution is -2.49. The summed E-state index contributed by atoms with van der Waals surface area (Å²) in [4.78, 5) is 28.0. The van der Waals surface area contributed by atoms with Gasteiger partial charge in [0.25, 0.3) is 0 Å². The number of carbonyl (C=O) groups is 2. The van der Waals surface area contributed by atoms with Gasteiger partial charge in [-0.05, 0) is 74.5 Å². The van der Waals surface area contributed by atoms with Crippen LogP contribution in [-0.4, -0.2) is 64.5 Å². The zero-order valence-corrected chi connectivity index (χ0v) is 21.3. The zero-order chi connectivity index (χ0) is 25.0. The maximum atomic E-state index is 15.4. The van der Waals surface area contributed by atoms with Crippen LogP contribution >= 0.6 is 0 Å². The first-order valence-corrected chi connectivity index (χ1v) is 13.5. The molecule has 36 heavy (non-hydrogen) atoms. The van der Waals surface area contributed by atoms with Gasteiger partial charge in [-0.25, -0.2) is 9.18 Å². The number of hydrogen-bond donors (Lipinski definition) is 1. The summed E-state index contributed by atoms with van der Waals surface area (Å²) in [6, 6.07) is 3.51. The minimum Gasteiger partial charge on any atom is -0.375 e. The van der Waals surface area contributed by atoms with E-state index in [4.69, 9.17) is 4.74 Å². The second-order valence-electron chi connectivity index (χ2n) is 11.4. The van der Waals surface area contributed by atoms with Gasteiger partial charge in [-0.1, -0.05) is 6.92 Å². The van der Waals surface area contributed by atoms with Crippen molar-refractivity contribution in [2.24, 2.45) is 13.0 Å². The lowest BCUT2D eigenvalue weighted by Gasteiger charge is -2.44. The van der Waals surface area contributed by atoms with E-state index in [-0.39, 0.29) is 36.2 Å². The largest absolute Gasteiger partial charge is 0.375 e. The van der Waals surface area contributed by atoms with E-state index < -0.39 is 6.03 Å². The number of carbonyl (C=O) groups excluding carboxylic acids is 2. The Bertz CT molecular complexity index is 1180. The van der Waals surface area contributed by atoms with Crippen molar-refractivity contribution in [1.82, 2.24) is 20.0 Å². The third-order valence-electron chi connectivity index (χ3n) is 9.02. The number of urea groups is 1. The fraction of sp³-hybridized carbons (Fsp3) is 0.667. The zero-order valence-electron chi connectivity index (χ0n) is 21.3. The van der Waals surface area contributed by atoms with Gasteiger partial charge in [0, 0.05) is 51.1 Å².